The molecule has 1 atom stereocenters. The molecule has 0 saturated heterocycles. The molecule has 1 aliphatic rings. The highest BCUT2D eigenvalue weighted by Crippen LogP contribution is 2.31. The van der Waals surface area contributed by atoms with Crippen molar-refractivity contribution in [3.05, 3.63) is 48.8 Å². The monoisotopic (exact) mass is 444 g/mol. The molecule has 12 heteroatoms. The first-order chi connectivity index (χ1) is 14.9. The Hall–Kier alpha value is -3.51. The number of carbonyl (C=O) groups is 1. The molecular formula is C19H20N6O5S. The van der Waals surface area contributed by atoms with E-state index >= 15 is 0 Å². The van der Waals surface area contributed by atoms with E-state index in [1.807, 2.05) is 0 Å². The van der Waals surface area contributed by atoms with Crippen molar-refractivity contribution >= 4 is 21.6 Å². The van der Waals surface area contributed by atoms with E-state index in [0.29, 0.717) is 42.5 Å². The number of nitrogens with zero attached hydrogens (tertiary/aromatic N) is 4. The Balaban J connectivity index is 1.41. The predicted octanol–water partition coefficient (Wildman–Crippen LogP) is 1.13. The molecule has 0 spiro atoms. The van der Waals surface area contributed by atoms with Crippen LogP contribution >= 0.6 is 0 Å². The number of sulfonamides is 1. The molecule has 2 N–H and O–H groups in total. The normalized spacial score (nSPS) is 14.5. The minimum absolute atomic E-state index is 0.0119. The lowest BCUT2D eigenvalue weighted by Gasteiger charge is -2.15. The van der Waals surface area contributed by atoms with Gasteiger partial charge >= 0.3 is 0 Å². The molecule has 0 saturated carbocycles. The molecule has 0 fully saturated rings. The van der Waals surface area contributed by atoms with Gasteiger partial charge in [-0.05, 0) is 53.7 Å². The zero-order valence-corrected chi connectivity index (χ0v) is 17.4. The van der Waals surface area contributed by atoms with Crippen LogP contribution in [0, 0.1) is 0 Å². The first-order valence-electron chi connectivity index (χ1n) is 9.49. The molecule has 4 rings (SSSR count). The minimum Gasteiger partial charge on any atom is -0.490 e. The van der Waals surface area contributed by atoms with Crippen molar-refractivity contribution in [1.29, 1.82) is 0 Å². The van der Waals surface area contributed by atoms with Gasteiger partial charge in [0.2, 0.25) is 15.9 Å². The molecule has 3 aromatic rings. The van der Waals surface area contributed by atoms with Gasteiger partial charge in [0.1, 0.15) is 6.33 Å². The minimum atomic E-state index is -3.95. The summed E-state index contributed by atoms with van der Waals surface area (Å²) in [5.74, 6) is 0.348. The van der Waals surface area contributed by atoms with Gasteiger partial charge < -0.3 is 14.8 Å². The smallest absolute Gasteiger partial charge is 0.242 e. The summed E-state index contributed by atoms with van der Waals surface area (Å²) in [6.07, 6.45) is 2.16. The Bertz CT molecular complexity index is 1170. The largest absolute Gasteiger partial charge is 0.490 e. The van der Waals surface area contributed by atoms with Crippen LogP contribution in [0.5, 0.6) is 11.5 Å². The Kier molecular flexibility index (Phi) is 5.82. The molecular weight excluding hydrogens is 424 g/mol. The number of ether oxygens (including phenoxy) is 2. The summed E-state index contributed by atoms with van der Waals surface area (Å²) in [7, 11) is -3.95. The summed E-state index contributed by atoms with van der Waals surface area (Å²) in [5, 5.41) is 13.6. The van der Waals surface area contributed by atoms with Crippen LogP contribution in [0.3, 0.4) is 0 Å². The van der Waals surface area contributed by atoms with Gasteiger partial charge in [0.15, 0.2) is 11.5 Å². The fraction of sp³-hybridized carbons (Fsp3) is 0.263. The number of tetrazole rings is 1. The van der Waals surface area contributed by atoms with E-state index in [-0.39, 0.29) is 4.90 Å². The van der Waals surface area contributed by atoms with Crippen LogP contribution in [0.15, 0.2) is 53.7 Å². The highest BCUT2D eigenvalue weighted by molar-refractivity contribution is 7.89. The van der Waals surface area contributed by atoms with Gasteiger partial charge in [0.25, 0.3) is 0 Å². The summed E-state index contributed by atoms with van der Waals surface area (Å²) in [5.41, 5.74) is 1.22. The maximum atomic E-state index is 12.7. The Morgan fingerprint density at radius 2 is 1.84 bits per heavy atom. The lowest BCUT2D eigenvalue weighted by molar-refractivity contribution is -0.117. The van der Waals surface area contributed by atoms with E-state index in [0.717, 1.165) is 0 Å². The molecule has 0 aliphatic carbocycles. The maximum absolute atomic E-state index is 12.7. The maximum Gasteiger partial charge on any atom is 0.242 e. The Morgan fingerprint density at radius 1 is 1.10 bits per heavy atom. The van der Waals surface area contributed by atoms with Gasteiger partial charge in [0.05, 0.1) is 29.8 Å². The zero-order valence-electron chi connectivity index (χ0n) is 16.6. The predicted molar refractivity (Wildman–Crippen MR) is 110 cm³/mol. The molecule has 1 amide bonds. The van der Waals surface area contributed by atoms with E-state index in [9.17, 15) is 13.2 Å². The molecule has 0 radical (unpaired) electrons. The first-order valence-corrected chi connectivity index (χ1v) is 11.0. The Morgan fingerprint density at radius 3 is 2.55 bits per heavy atom. The second-order valence-corrected chi connectivity index (χ2v) is 8.51. The number of aromatic nitrogens is 4. The van der Waals surface area contributed by atoms with Crippen LogP contribution in [-0.2, 0) is 14.8 Å². The summed E-state index contributed by atoms with van der Waals surface area (Å²) in [4.78, 5) is 12.5. The molecule has 2 heterocycles. The number of amides is 1. The van der Waals surface area contributed by atoms with E-state index in [2.05, 4.69) is 25.6 Å². The molecule has 1 aliphatic heterocycles. The molecule has 31 heavy (non-hydrogen) atoms. The highest BCUT2D eigenvalue weighted by atomic mass is 32.2. The summed E-state index contributed by atoms with van der Waals surface area (Å²) < 4.78 is 40.4. The zero-order chi connectivity index (χ0) is 21.8. The van der Waals surface area contributed by atoms with E-state index in [1.165, 1.54) is 30.1 Å². The topological polar surface area (TPSA) is 137 Å². The van der Waals surface area contributed by atoms with Crippen molar-refractivity contribution in [3.8, 4) is 17.2 Å². The van der Waals surface area contributed by atoms with Gasteiger partial charge in [-0.25, -0.2) is 13.1 Å². The molecule has 162 valence electrons. The number of nitrogens with one attached hydrogen (secondary N) is 2. The van der Waals surface area contributed by atoms with Gasteiger partial charge in [0, 0.05) is 18.2 Å². The standard InChI is InChI=1S/C19H20N6O5S/c1-13(19(26)21-14-3-5-15(6-4-14)25-12-20-23-24-25)22-31(27,28)16-7-8-17-18(11-16)30-10-2-9-29-17/h3-8,11-13,22H,2,9-10H2,1H3,(H,21,26). The number of benzene rings is 2. The molecule has 11 nitrogen and oxygen atoms in total. The van der Waals surface area contributed by atoms with Gasteiger partial charge in [-0.3, -0.25) is 4.79 Å². The van der Waals surface area contributed by atoms with Crippen molar-refractivity contribution in [2.75, 3.05) is 18.5 Å². The van der Waals surface area contributed by atoms with E-state index in [4.69, 9.17) is 9.47 Å². The van der Waals surface area contributed by atoms with Gasteiger partial charge in [-0.15, -0.1) is 5.10 Å². The van der Waals surface area contributed by atoms with Crippen LogP contribution in [0.4, 0.5) is 5.69 Å². The van der Waals surface area contributed by atoms with Crippen molar-refractivity contribution in [2.24, 2.45) is 0 Å². The van der Waals surface area contributed by atoms with Crippen LogP contribution in [0.2, 0.25) is 0 Å². The lowest BCUT2D eigenvalue weighted by atomic mass is 10.2. The molecule has 1 unspecified atom stereocenters. The highest BCUT2D eigenvalue weighted by Gasteiger charge is 2.24. The number of hydrogen-bond donors (Lipinski definition) is 2. The quantitative estimate of drug-likeness (QED) is 0.577. The Labute approximate surface area is 178 Å². The third kappa shape index (κ3) is 4.81. The molecule has 0 bridgehead atoms. The molecule has 2 aromatic carbocycles. The van der Waals surface area contributed by atoms with E-state index < -0.39 is 22.0 Å². The number of rotatable bonds is 6. The van der Waals surface area contributed by atoms with Crippen molar-refractivity contribution in [1.82, 2.24) is 24.9 Å². The second kappa shape index (κ2) is 8.70. The van der Waals surface area contributed by atoms with Crippen molar-refractivity contribution in [2.45, 2.75) is 24.3 Å². The fourth-order valence-electron chi connectivity index (χ4n) is 2.89. The average molecular weight is 444 g/mol. The summed E-state index contributed by atoms with van der Waals surface area (Å²) in [6, 6.07) is 10.1. The van der Waals surface area contributed by atoms with Crippen LogP contribution < -0.4 is 19.5 Å². The number of hydrogen-bond acceptors (Lipinski definition) is 8. The lowest BCUT2D eigenvalue weighted by Crippen LogP contribution is -2.41. The number of carbonyl (C=O) groups excluding carboxylic acids is 1. The fourth-order valence-corrected chi connectivity index (χ4v) is 4.11. The summed E-state index contributed by atoms with van der Waals surface area (Å²) >= 11 is 0. The average Bonchev–Trinajstić information content (AvgIpc) is 3.19. The number of anilines is 1. The van der Waals surface area contributed by atoms with Gasteiger partial charge in [-0.2, -0.15) is 4.72 Å². The first kappa shape index (κ1) is 20.8. The van der Waals surface area contributed by atoms with Gasteiger partial charge in [-0.1, -0.05) is 0 Å². The molecule has 1 aromatic heterocycles. The third-order valence-electron chi connectivity index (χ3n) is 4.50. The van der Waals surface area contributed by atoms with Crippen LogP contribution in [0.1, 0.15) is 13.3 Å². The second-order valence-electron chi connectivity index (χ2n) is 6.79. The van der Waals surface area contributed by atoms with E-state index in [1.54, 1.807) is 30.3 Å². The SMILES string of the molecule is CC(NS(=O)(=O)c1ccc2c(c1)OCCCO2)C(=O)Nc1ccc(-n2cnnn2)cc1. The van der Waals surface area contributed by atoms with Crippen LogP contribution in [-0.4, -0.2) is 53.8 Å². The van der Waals surface area contributed by atoms with Crippen molar-refractivity contribution in [3.63, 3.8) is 0 Å². The summed E-state index contributed by atoms with van der Waals surface area (Å²) in [6.45, 7) is 2.41. The number of fused-ring (bicyclic) bond motifs is 1. The van der Waals surface area contributed by atoms with Crippen LogP contribution in [0.25, 0.3) is 5.69 Å². The third-order valence-corrected chi connectivity index (χ3v) is 6.04. The van der Waals surface area contributed by atoms with Crippen molar-refractivity contribution < 1.29 is 22.7 Å².